The molecule has 4 rings (SSSR count). The number of imide groups is 1. The lowest BCUT2D eigenvalue weighted by Gasteiger charge is -2.35. The Labute approximate surface area is 170 Å². The zero-order chi connectivity index (χ0) is 20.5. The van der Waals surface area contributed by atoms with Gasteiger partial charge in [0.1, 0.15) is 6.04 Å². The zero-order valence-electron chi connectivity index (χ0n) is 16.8. The zero-order valence-corrected chi connectivity index (χ0v) is 16.8. The van der Waals surface area contributed by atoms with Crippen molar-refractivity contribution in [1.29, 1.82) is 0 Å². The summed E-state index contributed by atoms with van der Waals surface area (Å²) in [4.78, 5) is 54.2. The van der Waals surface area contributed by atoms with E-state index in [9.17, 15) is 19.2 Å². The number of carbonyl (C=O) groups excluding carboxylic acids is 4. The number of hydrogen-bond acceptors (Lipinski definition) is 4. The van der Waals surface area contributed by atoms with Gasteiger partial charge in [-0.2, -0.15) is 0 Å². The molecule has 7 heteroatoms. The van der Waals surface area contributed by atoms with E-state index in [4.69, 9.17) is 0 Å². The van der Waals surface area contributed by atoms with Crippen molar-refractivity contribution in [2.75, 3.05) is 13.1 Å². The van der Waals surface area contributed by atoms with Gasteiger partial charge >= 0.3 is 0 Å². The number of amides is 4. The van der Waals surface area contributed by atoms with Crippen LogP contribution in [0.1, 0.15) is 82.9 Å². The molecule has 0 spiro atoms. The van der Waals surface area contributed by atoms with Gasteiger partial charge in [0.25, 0.3) is 17.7 Å². The molecular formula is C22H27N3O4. The van der Waals surface area contributed by atoms with Gasteiger partial charge in [0, 0.05) is 24.7 Å². The molecule has 2 fully saturated rings. The van der Waals surface area contributed by atoms with Gasteiger partial charge in [0.15, 0.2) is 0 Å². The van der Waals surface area contributed by atoms with Crippen LogP contribution in [0.25, 0.3) is 0 Å². The Morgan fingerprint density at radius 3 is 2.52 bits per heavy atom. The van der Waals surface area contributed by atoms with E-state index in [1.165, 1.54) is 11.0 Å². The first kappa shape index (κ1) is 19.6. The largest absolute Gasteiger partial charge is 0.353 e. The third-order valence-corrected chi connectivity index (χ3v) is 6.26. The second kappa shape index (κ2) is 7.97. The fourth-order valence-electron chi connectivity index (χ4n) is 4.75. The van der Waals surface area contributed by atoms with Crippen LogP contribution in [0.4, 0.5) is 0 Å². The van der Waals surface area contributed by atoms with E-state index in [2.05, 4.69) is 5.32 Å². The molecule has 0 bridgehead atoms. The minimum atomic E-state index is -0.495. The molecule has 4 amide bonds. The Hall–Kier alpha value is -2.70. The topological polar surface area (TPSA) is 86.8 Å². The molecule has 1 aliphatic carbocycles. The molecule has 1 aromatic carbocycles. The van der Waals surface area contributed by atoms with Crippen LogP contribution in [0.2, 0.25) is 0 Å². The molecule has 1 saturated carbocycles. The molecule has 1 atom stereocenters. The maximum Gasteiger partial charge on any atom is 0.261 e. The van der Waals surface area contributed by atoms with Crippen LogP contribution >= 0.6 is 0 Å². The highest BCUT2D eigenvalue weighted by Crippen LogP contribution is 2.32. The van der Waals surface area contributed by atoms with Crippen molar-refractivity contribution in [2.24, 2.45) is 0 Å². The lowest BCUT2D eigenvalue weighted by molar-refractivity contribution is -0.128. The number of benzene rings is 1. The third kappa shape index (κ3) is 3.43. The summed E-state index contributed by atoms with van der Waals surface area (Å²) in [5.41, 5.74) is 1.03. The first-order chi connectivity index (χ1) is 14.0. The highest BCUT2D eigenvalue weighted by atomic mass is 16.2. The SMILES string of the molecule is CCCC1C(=O)NCCN1C(=O)c1ccc2c(c1)C(=O)N(C1CCCCC1)C2=O. The van der Waals surface area contributed by atoms with Crippen molar-refractivity contribution in [3.05, 3.63) is 34.9 Å². The van der Waals surface area contributed by atoms with E-state index >= 15 is 0 Å². The molecule has 1 saturated heterocycles. The smallest absolute Gasteiger partial charge is 0.261 e. The summed E-state index contributed by atoms with van der Waals surface area (Å²) in [6.07, 6.45) is 6.26. The molecule has 1 N–H and O–H groups in total. The predicted octanol–water partition coefficient (Wildman–Crippen LogP) is 2.36. The van der Waals surface area contributed by atoms with Gasteiger partial charge in [-0.3, -0.25) is 24.1 Å². The fourth-order valence-corrected chi connectivity index (χ4v) is 4.75. The van der Waals surface area contributed by atoms with Gasteiger partial charge in [-0.25, -0.2) is 0 Å². The van der Waals surface area contributed by atoms with Crippen LogP contribution in [-0.4, -0.2) is 58.6 Å². The second-order valence-corrected chi connectivity index (χ2v) is 8.13. The number of hydrogen-bond donors (Lipinski definition) is 1. The minimum Gasteiger partial charge on any atom is -0.353 e. The highest BCUT2D eigenvalue weighted by molar-refractivity contribution is 6.22. The lowest BCUT2D eigenvalue weighted by atomic mass is 9.94. The van der Waals surface area contributed by atoms with E-state index in [0.717, 1.165) is 38.5 Å². The quantitative estimate of drug-likeness (QED) is 0.790. The average Bonchev–Trinajstić information content (AvgIpc) is 2.99. The van der Waals surface area contributed by atoms with E-state index in [-0.39, 0.29) is 29.7 Å². The van der Waals surface area contributed by atoms with Crippen molar-refractivity contribution in [3.8, 4) is 0 Å². The molecule has 3 aliphatic rings. The number of piperazine rings is 1. The van der Waals surface area contributed by atoms with Crippen LogP contribution in [-0.2, 0) is 4.79 Å². The number of nitrogens with one attached hydrogen (secondary N) is 1. The Morgan fingerprint density at radius 1 is 1.07 bits per heavy atom. The van der Waals surface area contributed by atoms with E-state index in [0.29, 0.717) is 36.2 Å². The van der Waals surface area contributed by atoms with E-state index in [1.807, 2.05) is 6.92 Å². The molecular weight excluding hydrogens is 370 g/mol. The summed E-state index contributed by atoms with van der Waals surface area (Å²) >= 11 is 0. The third-order valence-electron chi connectivity index (χ3n) is 6.26. The molecule has 2 heterocycles. The van der Waals surface area contributed by atoms with Gasteiger partial charge in [-0.05, 0) is 37.5 Å². The first-order valence-electron chi connectivity index (χ1n) is 10.6. The number of rotatable bonds is 4. The number of fused-ring (bicyclic) bond motifs is 1. The van der Waals surface area contributed by atoms with Crippen LogP contribution in [0.5, 0.6) is 0 Å². The summed E-state index contributed by atoms with van der Waals surface area (Å²) in [7, 11) is 0. The first-order valence-corrected chi connectivity index (χ1v) is 10.6. The molecule has 1 aromatic rings. The van der Waals surface area contributed by atoms with Crippen molar-refractivity contribution in [3.63, 3.8) is 0 Å². The van der Waals surface area contributed by atoms with Gasteiger partial charge in [0.05, 0.1) is 11.1 Å². The Kier molecular flexibility index (Phi) is 5.39. The number of carbonyl (C=O) groups is 4. The normalized spacial score (nSPS) is 22.7. The number of nitrogens with zero attached hydrogens (tertiary/aromatic N) is 2. The fraction of sp³-hybridized carbons (Fsp3) is 0.545. The van der Waals surface area contributed by atoms with Crippen molar-refractivity contribution < 1.29 is 19.2 Å². The highest BCUT2D eigenvalue weighted by Gasteiger charge is 2.41. The molecule has 7 nitrogen and oxygen atoms in total. The maximum absolute atomic E-state index is 13.1. The predicted molar refractivity (Wildman–Crippen MR) is 107 cm³/mol. The average molecular weight is 397 g/mol. The maximum atomic E-state index is 13.1. The van der Waals surface area contributed by atoms with Gasteiger partial charge in [-0.15, -0.1) is 0 Å². The molecule has 1 unspecified atom stereocenters. The van der Waals surface area contributed by atoms with E-state index in [1.54, 1.807) is 17.0 Å². The Morgan fingerprint density at radius 2 is 1.79 bits per heavy atom. The van der Waals surface area contributed by atoms with Crippen LogP contribution in [0.3, 0.4) is 0 Å². The van der Waals surface area contributed by atoms with Crippen molar-refractivity contribution in [1.82, 2.24) is 15.1 Å². The van der Waals surface area contributed by atoms with Crippen molar-refractivity contribution >= 4 is 23.6 Å². The summed E-state index contributed by atoms with van der Waals surface area (Å²) < 4.78 is 0. The second-order valence-electron chi connectivity index (χ2n) is 8.13. The van der Waals surface area contributed by atoms with Crippen molar-refractivity contribution in [2.45, 2.75) is 64.0 Å². The summed E-state index contributed by atoms with van der Waals surface area (Å²) in [6.45, 7) is 2.83. The van der Waals surface area contributed by atoms with Crippen LogP contribution in [0, 0.1) is 0 Å². The Bertz CT molecular complexity index is 860. The van der Waals surface area contributed by atoms with Crippen LogP contribution in [0.15, 0.2) is 18.2 Å². The molecule has 154 valence electrons. The lowest BCUT2D eigenvalue weighted by Crippen LogP contribution is -2.57. The summed E-state index contributed by atoms with van der Waals surface area (Å²) in [5.74, 6) is -0.954. The molecule has 0 aromatic heterocycles. The summed E-state index contributed by atoms with van der Waals surface area (Å²) in [6, 6.07) is 4.19. The van der Waals surface area contributed by atoms with E-state index < -0.39 is 6.04 Å². The van der Waals surface area contributed by atoms with Gasteiger partial charge in [0.2, 0.25) is 5.91 Å². The standard InChI is InChI=1S/C22H27N3O4/c1-2-6-18-19(26)23-11-12-24(18)20(27)14-9-10-16-17(13-14)22(29)25(21(16)28)15-7-4-3-5-8-15/h9-10,13,15,18H,2-8,11-12H2,1H3,(H,23,26). The monoisotopic (exact) mass is 397 g/mol. The molecule has 2 aliphatic heterocycles. The molecule has 0 radical (unpaired) electrons. The molecule has 29 heavy (non-hydrogen) atoms. The van der Waals surface area contributed by atoms with Gasteiger partial charge < -0.3 is 10.2 Å². The Balaban J connectivity index is 1.60. The van der Waals surface area contributed by atoms with Gasteiger partial charge in [-0.1, -0.05) is 32.6 Å². The van der Waals surface area contributed by atoms with Crippen LogP contribution < -0.4 is 5.32 Å². The summed E-state index contributed by atoms with van der Waals surface area (Å²) in [5, 5.41) is 2.81. The minimum absolute atomic E-state index is 0.0463.